The lowest BCUT2D eigenvalue weighted by molar-refractivity contribution is -0.137. The van der Waals surface area contributed by atoms with Gasteiger partial charge in [0.2, 0.25) is 0 Å². The van der Waals surface area contributed by atoms with E-state index in [-0.39, 0.29) is 6.10 Å². The minimum absolute atomic E-state index is 0.0664. The Balaban J connectivity index is 2.01. The SMILES string of the molecule is FC(F)(F)c1ccc(O[C@@H]2CCNC2)cc1. The van der Waals surface area contributed by atoms with Gasteiger partial charge in [0.25, 0.3) is 0 Å². The summed E-state index contributed by atoms with van der Waals surface area (Å²) in [6.07, 6.45) is -3.33. The molecule has 0 spiro atoms. The van der Waals surface area contributed by atoms with Gasteiger partial charge in [0.15, 0.2) is 0 Å². The number of halogens is 3. The first-order chi connectivity index (χ1) is 7.55. The molecular weight excluding hydrogens is 219 g/mol. The Morgan fingerprint density at radius 1 is 1.19 bits per heavy atom. The summed E-state index contributed by atoms with van der Waals surface area (Å²) in [6.45, 7) is 1.65. The van der Waals surface area contributed by atoms with E-state index in [0.29, 0.717) is 5.75 Å². The lowest BCUT2D eigenvalue weighted by atomic mass is 10.2. The third-order valence-corrected chi connectivity index (χ3v) is 2.50. The normalized spacial score (nSPS) is 21.1. The zero-order valence-corrected chi connectivity index (χ0v) is 8.55. The molecule has 1 N–H and O–H groups in total. The third-order valence-electron chi connectivity index (χ3n) is 2.50. The van der Waals surface area contributed by atoms with E-state index >= 15 is 0 Å². The van der Waals surface area contributed by atoms with Crippen LogP contribution in [0, 0.1) is 0 Å². The molecule has 1 atom stereocenters. The van der Waals surface area contributed by atoms with Gasteiger partial charge in [-0.25, -0.2) is 0 Å². The summed E-state index contributed by atoms with van der Waals surface area (Å²) < 4.78 is 42.3. The number of rotatable bonds is 2. The zero-order valence-electron chi connectivity index (χ0n) is 8.55. The van der Waals surface area contributed by atoms with Crippen molar-refractivity contribution in [2.45, 2.75) is 18.7 Å². The first-order valence-corrected chi connectivity index (χ1v) is 5.10. The molecule has 0 saturated carbocycles. The molecule has 1 aliphatic rings. The van der Waals surface area contributed by atoms with Crippen molar-refractivity contribution in [3.63, 3.8) is 0 Å². The minimum atomic E-state index is -4.28. The van der Waals surface area contributed by atoms with Crippen LogP contribution in [0.4, 0.5) is 13.2 Å². The molecule has 1 fully saturated rings. The highest BCUT2D eigenvalue weighted by Crippen LogP contribution is 2.30. The van der Waals surface area contributed by atoms with E-state index in [0.717, 1.165) is 31.6 Å². The van der Waals surface area contributed by atoms with E-state index in [1.807, 2.05) is 0 Å². The summed E-state index contributed by atoms with van der Waals surface area (Å²) in [5.74, 6) is 0.488. The van der Waals surface area contributed by atoms with Crippen molar-refractivity contribution in [1.82, 2.24) is 5.32 Å². The molecule has 0 aliphatic carbocycles. The molecule has 5 heteroatoms. The fourth-order valence-electron chi connectivity index (χ4n) is 1.64. The number of benzene rings is 1. The average Bonchev–Trinajstić information content (AvgIpc) is 2.70. The molecule has 0 unspecified atom stereocenters. The van der Waals surface area contributed by atoms with Gasteiger partial charge < -0.3 is 10.1 Å². The number of nitrogens with one attached hydrogen (secondary N) is 1. The van der Waals surface area contributed by atoms with Gasteiger partial charge >= 0.3 is 6.18 Å². The van der Waals surface area contributed by atoms with E-state index in [1.54, 1.807) is 0 Å². The molecule has 0 amide bonds. The van der Waals surface area contributed by atoms with Crippen LogP contribution >= 0.6 is 0 Å². The Morgan fingerprint density at radius 2 is 1.88 bits per heavy atom. The Hall–Kier alpha value is -1.23. The Bertz CT molecular complexity index is 341. The van der Waals surface area contributed by atoms with Crippen molar-refractivity contribution in [2.75, 3.05) is 13.1 Å². The van der Waals surface area contributed by atoms with Crippen LogP contribution in [0.3, 0.4) is 0 Å². The number of hydrogen-bond acceptors (Lipinski definition) is 2. The van der Waals surface area contributed by atoms with Gasteiger partial charge in [0.1, 0.15) is 11.9 Å². The van der Waals surface area contributed by atoms with Crippen molar-refractivity contribution < 1.29 is 17.9 Å². The van der Waals surface area contributed by atoms with Crippen LogP contribution in [0.25, 0.3) is 0 Å². The third kappa shape index (κ3) is 2.66. The van der Waals surface area contributed by atoms with Crippen molar-refractivity contribution in [2.24, 2.45) is 0 Å². The second-order valence-corrected chi connectivity index (χ2v) is 3.75. The lowest BCUT2D eigenvalue weighted by Crippen LogP contribution is -2.19. The molecule has 0 aromatic heterocycles. The quantitative estimate of drug-likeness (QED) is 0.844. The minimum Gasteiger partial charge on any atom is -0.489 e. The molecular formula is C11H12F3NO. The molecule has 88 valence electrons. The predicted molar refractivity (Wildman–Crippen MR) is 53.3 cm³/mol. The predicted octanol–water partition coefficient (Wildman–Crippen LogP) is 2.45. The van der Waals surface area contributed by atoms with E-state index < -0.39 is 11.7 Å². The van der Waals surface area contributed by atoms with Crippen LogP contribution in [0.15, 0.2) is 24.3 Å². The molecule has 1 heterocycles. The van der Waals surface area contributed by atoms with Crippen LogP contribution in [0.1, 0.15) is 12.0 Å². The van der Waals surface area contributed by atoms with Gasteiger partial charge in [0.05, 0.1) is 5.56 Å². The van der Waals surface area contributed by atoms with Crippen molar-refractivity contribution in [3.8, 4) is 5.75 Å². The van der Waals surface area contributed by atoms with Gasteiger partial charge in [-0.1, -0.05) is 0 Å². The topological polar surface area (TPSA) is 21.3 Å². The molecule has 1 aromatic rings. The number of hydrogen-bond donors (Lipinski definition) is 1. The van der Waals surface area contributed by atoms with Crippen LogP contribution in [-0.4, -0.2) is 19.2 Å². The number of ether oxygens (including phenoxy) is 1. The van der Waals surface area contributed by atoms with Crippen LogP contribution < -0.4 is 10.1 Å². The van der Waals surface area contributed by atoms with E-state index in [1.165, 1.54) is 12.1 Å². The first-order valence-electron chi connectivity index (χ1n) is 5.10. The van der Waals surface area contributed by atoms with E-state index in [9.17, 15) is 13.2 Å². The van der Waals surface area contributed by atoms with Gasteiger partial charge in [-0.3, -0.25) is 0 Å². The molecule has 1 aliphatic heterocycles. The summed E-state index contributed by atoms with van der Waals surface area (Å²) in [5, 5.41) is 3.12. The molecule has 0 radical (unpaired) electrons. The maximum absolute atomic E-state index is 12.3. The highest BCUT2D eigenvalue weighted by atomic mass is 19.4. The first kappa shape index (κ1) is 11.3. The average molecular weight is 231 g/mol. The Labute approximate surface area is 91.4 Å². The Morgan fingerprint density at radius 3 is 2.38 bits per heavy atom. The fourth-order valence-corrected chi connectivity index (χ4v) is 1.64. The van der Waals surface area contributed by atoms with E-state index in [2.05, 4.69) is 5.32 Å². The summed E-state index contributed by atoms with van der Waals surface area (Å²) in [6, 6.07) is 4.80. The van der Waals surface area contributed by atoms with Crippen LogP contribution in [0.2, 0.25) is 0 Å². The van der Waals surface area contributed by atoms with Gasteiger partial charge in [-0.2, -0.15) is 13.2 Å². The maximum atomic E-state index is 12.3. The van der Waals surface area contributed by atoms with Crippen LogP contribution in [-0.2, 0) is 6.18 Å². The molecule has 2 rings (SSSR count). The second kappa shape index (κ2) is 4.33. The van der Waals surface area contributed by atoms with Gasteiger partial charge in [-0.15, -0.1) is 0 Å². The lowest BCUT2D eigenvalue weighted by Gasteiger charge is -2.13. The smallest absolute Gasteiger partial charge is 0.416 e. The molecule has 0 bridgehead atoms. The summed E-state index contributed by atoms with van der Waals surface area (Å²) in [4.78, 5) is 0. The second-order valence-electron chi connectivity index (χ2n) is 3.75. The summed E-state index contributed by atoms with van der Waals surface area (Å²) >= 11 is 0. The highest BCUT2D eigenvalue weighted by molar-refractivity contribution is 5.29. The molecule has 2 nitrogen and oxygen atoms in total. The van der Waals surface area contributed by atoms with Crippen molar-refractivity contribution in [1.29, 1.82) is 0 Å². The van der Waals surface area contributed by atoms with Gasteiger partial charge in [0, 0.05) is 6.54 Å². The monoisotopic (exact) mass is 231 g/mol. The standard InChI is InChI=1S/C11H12F3NO/c12-11(13,14)8-1-3-9(4-2-8)16-10-5-6-15-7-10/h1-4,10,15H,5-7H2/t10-/m1/s1. The molecule has 16 heavy (non-hydrogen) atoms. The Kier molecular flexibility index (Phi) is 3.05. The molecule has 1 saturated heterocycles. The largest absolute Gasteiger partial charge is 0.489 e. The number of alkyl halides is 3. The van der Waals surface area contributed by atoms with Crippen LogP contribution in [0.5, 0.6) is 5.75 Å². The summed E-state index contributed by atoms with van der Waals surface area (Å²) in [7, 11) is 0. The molecule has 1 aromatic carbocycles. The zero-order chi connectivity index (χ0) is 11.6. The van der Waals surface area contributed by atoms with Crippen molar-refractivity contribution >= 4 is 0 Å². The van der Waals surface area contributed by atoms with Gasteiger partial charge in [-0.05, 0) is 37.2 Å². The maximum Gasteiger partial charge on any atom is 0.416 e. The highest BCUT2D eigenvalue weighted by Gasteiger charge is 2.30. The van der Waals surface area contributed by atoms with Crippen molar-refractivity contribution in [3.05, 3.63) is 29.8 Å². The van der Waals surface area contributed by atoms with E-state index in [4.69, 9.17) is 4.74 Å². The summed E-state index contributed by atoms with van der Waals surface area (Å²) in [5.41, 5.74) is -0.649. The fraction of sp³-hybridized carbons (Fsp3) is 0.455.